The number of Topliss-reactive ketones (excluding diaryl/α,β-unsaturated/α-hetero) is 1. The molecule has 2 aliphatic rings. The first kappa shape index (κ1) is 24.0. The molecule has 0 bridgehead atoms. The van der Waals surface area contributed by atoms with Gasteiger partial charge in [-0.05, 0) is 56.9 Å². The van der Waals surface area contributed by atoms with E-state index in [1.807, 2.05) is 32.3 Å². The Morgan fingerprint density at radius 2 is 1.92 bits per heavy atom. The number of nitrogens with two attached hydrogens (primary N) is 1. The zero-order valence-corrected chi connectivity index (χ0v) is 21.1. The maximum Gasteiger partial charge on any atom is 0.271 e. The summed E-state index contributed by atoms with van der Waals surface area (Å²) in [5.41, 5.74) is 9.28. The van der Waals surface area contributed by atoms with Crippen LogP contribution in [0.5, 0.6) is 0 Å². The van der Waals surface area contributed by atoms with Crippen molar-refractivity contribution in [3.05, 3.63) is 59.2 Å². The lowest BCUT2D eigenvalue weighted by Gasteiger charge is -2.40. The molecule has 1 aliphatic carbocycles. The minimum atomic E-state index is -0.652. The number of carbonyl (C=O) groups is 2. The zero-order chi connectivity index (χ0) is 25.4. The van der Waals surface area contributed by atoms with Gasteiger partial charge in [0.15, 0.2) is 17.3 Å². The summed E-state index contributed by atoms with van der Waals surface area (Å²) < 4.78 is 1.69. The molecule has 3 N–H and O–H groups in total. The Bertz CT molecular complexity index is 1280. The molecule has 3 heterocycles. The van der Waals surface area contributed by atoms with E-state index < -0.39 is 5.91 Å². The lowest BCUT2D eigenvalue weighted by Crippen LogP contribution is -2.44. The average Bonchev–Trinajstić information content (AvgIpc) is 3.65. The van der Waals surface area contributed by atoms with E-state index in [2.05, 4.69) is 39.4 Å². The first-order chi connectivity index (χ1) is 17.3. The van der Waals surface area contributed by atoms with Gasteiger partial charge in [-0.3, -0.25) is 14.3 Å². The van der Waals surface area contributed by atoms with E-state index in [4.69, 9.17) is 10.7 Å². The second-order valence-corrected chi connectivity index (χ2v) is 10.1. The van der Waals surface area contributed by atoms with Crippen molar-refractivity contribution in [1.82, 2.24) is 19.7 Å². The van der Waals surface area contributed by atoms with Crippen LogP contribution in [0.2, 0.25) is 0 Å². The molecule has 0 radical (unpaired) electrons. The number of primary amides is 1. The summed E-state index contributed by atoms with van der Waals surface area (Å²) in [6.07, 6.45) is 8.35. The maximum atomic E-state index is 13.1. The monoisotopic (exact) mass is 487 g/mol. The van der Waals surface area contributed by atoms with Crippen LogP contribution in [-0.2, 0) is 7.05 Å². The van der Waals surface area contributed by atoms with Crippen LogP contribution in [0.3, 0.4) is 0 Å². The van der Waals surface area contributed by atoms with Crippen molar-refractivity contribution < 1.29 is 9.59 Å². The Morgan fingerprint density at radius 1 is 1.17 bits per heavy atom. The third-order valence-electron chi connectivity index (χ3n) is 7.43. The van der Waals surface area contributed by atoms with Gasteiger partial charge in [0.05, 0.1) is 17.6 Å². The summed E-state index contributed by atoms with van der Waals surface area (Å²) in [5.74, 6) is 1.37. The van der Waals surface area contributed by atoms with Crippen LogP contribution in [-0.4, -0.2) is 44.0 Å². The summed E-state index contributed by atoms with van der Waals surface area (Å²) in [5, 5.41) is 7.51. The summed E-state index contributed by atoms with van der Waals surface area (Å²) in [6, 6.07) is 8.27. The maximum absolute atomic E-state index is 13.1. The van der Waals surface area contributed by atoms with Gasteiger partial charge in [0.2, 0.25) is 0 Å². The molecule has 2 fully saturated rings. The Labute approximate surface area is 211 Å². The van der Waals surface area contributed by atoms with Crippen molar-refractivity contribution in [3.63, 3.8) is 0 Å². The molecule has 1 saturated carbocycles. The van der Waals surface area contributed by atoms with Gasteiger partial charge in [-0.25, -0.2) is 9.97 Å². The Balaban J connectivity index is 1.33. The molecule has 1 aromatic carbocycles. The van der Waals surface area contributed by atoms with E-state index >= 15 is 0 Å². The van der Waals surface area contributed by atoms with Crippen LogP contribution < -0.4 is 16.0 Å². The lowest BCUT2D eigenvalue weighted by molar-refractivity contribution is 0.0944. The molecule has 5 rings (SSSR count). The van der Waals surface area contributed by atoms with Crippen molar-refractivity contribution in [3.8, 4) is 0 Å². The smallest absolute Gasteiger partial charge is 0.271 e. The highest BCUT2D eigenvalue weighted by molar-refractivity contribution is 5.97. The van der Waals surface area contributed by atoms with Gasteiger partial charge in [0.25, 0.3) is 5.91 Å². The van der Waals surface area contributed by atoms with E-state index in [0.717, 1.165) is 36.3 Å². The van der Waals surface area contributed by atoms with E-state index in [9.17, 15) is 9.59 Å². The quantitative estimate of drug-likeness (QED) is 0.459. The van der Waals surface area contributed by atoms with Gasteiger partial charge >= 0.3 is 0 Å². The molecule has 36 heavy (non-hydrogen) atoms. The second-order valence-electron chi connectivity index (χ2n) is 10.1. The molecular weight excluding hydrogens is 454 g/mol. The summed E-state index contributed by atoms with van der Waals surface area (Å²) in [7, 11) is 1.83. The number of aryl methyl sites for hydroxylation is 2. The number of amides is 1. The number of ketones is 1. The first-order valence-electron chi connectivity index (χ1n) is 12.6. The molecule has 3 aromatic rings. The second kappa shape index (κ2) is 9.72. The van der Waals surface area contributed by atoms with Crippen molar-refractivity contribution in [2.45, 2.75) is 57.9 Å². The van der Waals surface area contributed by atoms with Crippen LogP contribution in [0.15, 0.2) is 36.7 Å². The van der Waals surface area contributed by atoms with Gasteiger partial charge < -0.3 is 16.0 Å². The van der Waals surface area contributed by atoms with Gasteiger partial charge in [-0.15, -0.1) is 0 Å². The molecule has 1 amide bonds. The van der Waals surface area contributed by atoms with E-state index in [-0.39, 0.29) is 23.4 Å². The largest absolute Gasteiger partial charge is 0.364 e. The molecule has 1 saturated heterocycles. The predicted molar refractivity (Wildman–Crippen MR) is 139 cm³/mol. The number of aromatic nitrogens is 4. The number of carbonyl (C=O) groups excluding carboxylic acids is 2. The molecule has 188 valence electrons. The van der Waals surface area contributed by atoms with Crippen molar-refractivity contribution in [1.29, 1.82) is 0 Å². The number of rotatable bonds is 8. The molecule has 9 nitrogen and oxygen atoms in total. The Morgan fingerprint density at radius 3 is 2.56 bits per heavy atom. The highest BCUT2D eigenvalue weighted by atomic mass is 16.1. The fourth-order valence-corrected chi connectivity index (χ4v) is 5.17. The number of nitrogens with one attached hydrogen (secondary N) is 1. The minimum absolute atomic E-state index is 0.0769. The van der Waals surface area contributed by atoms with Crippen molar-refractivity contribution in [2.75, 3.05) is 16.8 Å². The van der Waals surface area contributed by atoms with Crippen LogP contribution in [0.4, 0.5) is 17.3 Å². The Hall–Kier alpha value is -3.75. The third kappa shape index (κ3) is 4.96. The fraction of sp³-hybridized carbons (Fsp3) is 0.444. The van der Waals surface area contributed by atoms with Crippen molar-refractivity contribution >= 4 is 29.0 Å². The number of nitrogens with zero attached hydrogens (tertiary/aromatic N) is 5. The third-order valence-corrected chi connectivity index (χ3v) is 7.43. The number of hydrogen-bond donors (Lipinski definition) is 2. The minimum Gasteiger partial charge on any atom is -0.364 e. The first-order valence-corrected chi connectivity index (χ1v) is 12.6. The highest BCUT2D eigenvalue weighted by Crippen LogP contribution is 2.40. The van der Waals surface area contributed by atoms with Crippen LogP contribution in [0.1, 0.15) is 77.0 Å². The zero-order valence-electron chi connectivity index (χ0n) is 21.1. The topological polar surface area (TPSA) is 119 Å². The molecule has 2 atom stereocenters. The number of anilines is 3. The predicted octanol–water partition coefficient (Wildman–Crippen LogP) is 4.12. The molecule has 0 unspecified atom stereocenters. The van der Waals surface area contributed by atoms with Crippen LogP contribution in [0, 0.1) is 12.8 Å². The van der Waals surface area contributed by atoms with E-state index in [1.54, 1.807) is 10.9 Å². The normalized spacial score (nSPS) is 19.8. The number of hydrogen-bond acceptors (Lipinski definition) is 7. The molecule has 9 heteroatoms. The molecule has 0 spiro atoms. The summed E-state index contributed by atoms with van der Waals surface area (Å²) in [4.78, 5) is 36.4. The Kier molecular flexibility index (Phi) is 6.47. The van der Waals surface area contributed by atoms with Gasteiger partial charge in [0.1, 0.15) is 5.82 Å². The molecule has 1 aliphatic heterocycles. The van der Waals surface area contributed by atoms with Crippen LogP contribution >= 0.6 is 0 Å². The number of benzene rings is 1. The molecular formula is C27H33N7O2. The van der Waals surface area contributed by atoms with Gasteiger partial charge in [0, 0.05) is 37.8 Å². The summed E-state index contributed by atoms with van der Waals surface area (Å²) in [6.45, 7) is 4.81. The standard InChI is InChI=1S/C27H33N7O2/c1-16-22(15-33(3)32-16)30-27-25(26(28)36)29-14-24(31-27)34-12-4-5-21(17(34)2)13-23(35)20-10-8-19(9-11-20)18-6-7-18/h8-11,14-15,17-18,21H,4-7,12-13H2,1-3H3,(H2,28,36)(H,30,31)/t17-,21+/m1/s1. The number of piperidine rings is 1. The average molecular weight is 488 g/mol. The van der Waals surface area contributed by atoms with Crippen LogP contribution in [0.25, 0.3) is 0 Å². The van der Waals surface area contributed by atoms with E-state index in [0.29, 0.717) is 24.0 Å². The molecule has 2 aromatic heterocycles. The van der Waals surface area contributed by atoms with Crippen molar-refractivity contribution in [2.24, 2.45) is 18.7 Å². The lowest BCUT2D eigenvalue weighted by atomic mass is 9.85. The van der Waals surface area contributed by atoms with Gasteiger partial charge in [-0.1, -0.05) is 24.3 Å². The summed E-state index contributed by atoms with van der Waals surface area (Å²) >= 11 is 0. The SMILES string of the molecule is Cc1nn(C)cc1Nc1nc(N2CCC[C@@H](CC(=O)c3ccc(C4CC4)cc3)[C@H]2C)cnc1C(N)=O. The van der Waals surface area contributed by atoms with E-state index in [1.165, 1.54) is 18.4 Å². The fourth-order valence-electron chi connectivity index (χ4n) is 5.17. The van der Waals surface area contributed by atoms with Gasteiger partial charge in [-0.2, -0.15) is 5.10 Å². The highest BCUT2D eigenvalue weighted by Gasteiger charge is 2.32.